The number of carbonyl (C=O) groups is 1. The molecule has 2 aromatic carbocycles. The smallest absolute Gasteiger partial charge is 0.251 e. The summed E-state index contributed by atoms with van der Waals surface area (Å²) in [7, 11) is 0. The standard InChI is InChI=1S/C14H10BrIN2O/c15-8-4-3-7-11-12(8)13(14(19)18-11)17-10-6-2-1-5-9(10)16/h1-7,13,17H,(H,18,19). The second-order valence-electron chi connectivity index (χ2n) is 4.25. The Bertz CT molecular complexity index is 660. The lowest BCUT2D eigenvalue weighted by Gasteiger charge is -2.15. The van der Waals surface area contributed by atoms with Crippen LogP contribution in [0.3, 0.4) is 0 Å². The predicted octanol–water partition coefficient (Wildman–Crippen LogP) is 4.16. The number of hydrogen-bond acceptors (Lipinski definition) is 2. The number of amides is 1. The fourth-order valence-corrected chi connectivity index (χ4v) is 3.29. The molecule has 0 saturated heterocycles. The Balaban J connectivity index is 1.99. The number of nitrogens with one attached hydrogen (secondary N) is 2. The van der Waals surface area contributed by atoms with Gasteiger partial charge in [-0.2, -0.15) is 0 Å². The first-order valence-corrected chi connectivity index (χ1v) is 7.64. The third-order valence-electron chi connectivity index (χ3n) is 3.04. The lowest BCUT2D eigenvalue weighted by Crippen LogP contribution is -2.20. The molecular formula is C14H10BrIN2O. The molecule has 1 heterocycles. The quantitative estimate of drug-likeness (QED) is 0.705. The molecule has 3 rings (SSSR count). The van der Waals surface area contributed by atoms with E-state index in [0.29, 0.717) is 0 Å². The minimum absolute atomic E-state index is 0.0263. The van der Waals surface area contributed by atoms with Gasteiger partial charge in [-0.1, -0.05) is 34.1 Å². The van der Waals surface area contributed by atoms with E-state index in [1.807, 2.05) is 42.5 Å². The molecule has 0 bridgehead atoms. The van der Waals surface area contributed by atoms with Crippen LogP contribution in [0.1, 0.15) is 11.6 Å². The molecule has 1 atom stereocenters. The summed E-state index contributed by atoms with van der Waals surface area (Å²) < 4.78 is 2.03. The number of hydrogen-bond donors (Lipinski definition) is 2. The van der Waals surface area contributed by atoms with Crippen LogP contribution in [0.2, 0.25) is 0 Å². The highest BCUT2D eigenvalue weighted by Crippen LogP contribution is 2.38. The SMILES string of the molecule is O=C1Nc2cccc(Br)c2C1Nc1ccccc1I. The van der Waals surface area contributed by atoms with Crippen molar-refractivity contribution in [1.29, 1.82) is 0 Å². The molecule has 0 radical (unpaired) electrons. The highest BCUT2D eigenvalue weighted by atomic mass is 127. The van der Waals surface area contributed by atoms with E-state index in [2.05, 4.69) is 49.2 Å². The molecule has 2 aromatic rings. The van der Waals surface area contributed by atoms with Crippen LogP contribution in [0.4, 0.5) is 11.4 Å². The molecule has 0 saturated carbocycles. The van der Waals surface area contributed by atoms with Crippen molar-refractivity contribution in [2.24, 2.45) is 0 Å². The number of halogens is 2. The highest BCUT2D eigenvalue weighted by Gasteiger charge is 2.32. The molecule has 1 unspecified atom stereocenters. The summed E-state index contributed by atoms with van der Waals surface area (Å²) in [4.78, 5) is 12.1. The highest BCUT2D eigenvalue weighted by molar-refractivity contribution is 14.1. The van der Waals surface area contributed by atoms with Gasteiger partial charge in [0.2, 0.25) is 0 Å². The summed E-state index contributed by atoms with van der Waals surface area (Å²) in [6, 6.07) is 13.3. The summed E-state index contributed by atoms with van der Waals surface area (Å²) in [5, 5.41) is 6.20. The van der Waals surface area contributed by atoms with Crippen LogP contribution in [0, 0.1) is 3.57 Å². The zero-order chi connectivity index (χ0) is 13.4. The molecule has 0 fully saturated rings. The fourth-order valence-electron chi connectivity index (χ4n) is 2.15. The topological polar surface area (TPSA) is 41.1 Å². The molecule has 19 heavy (non-hydrogen) atoms. The number of benzene rings is 2. The lowest BCUT2D eigenvalue weighted by molar-refractivity contribution is -0.116. The van der Waals surface area contributed by atoms with E-state index >= 15 is 0 Å². The Morgan fingerprint density at radius 1 is 1.16 bits per heavy atom. The molecule has 1 aliphatic rings. The van der Waals surface area contributed by atoms with Crippen molar-refractivity contribution in [3.8, 4) is 0 Å². The Kier molecular flexibility index (Phi) is 3.49. The summed E-state index contributed by atoms with van der Waals surface area (Å²) in [5.74, 6) is -0.0263. The minimum Gasteiger partial charge on any atom is -0.369 e. The van der Waals surface area contributed by atoms with Crippen molar-refractivity contribution in [3.05, 3.63) is 56.1 Å². The van der Waals surface area contributed by atoms with Crippen LogP contribution in [0.15, 0.2) is 46.9 Å². The Hall–Kier alpha value is -1.08. The van der Waals surface area contributed by atoms with Crippen molar-refractivity contribution in [1.82, 2.24) is 0 Å². The van der Waals surface area contributed by atoms with Gasteiger partial charge in [-0.25, -0.2) is 0 Å². The van der Waals surface area contributed by atoms with Gasteiger partial charge in [0.1, 0.15) is 6.04 Å². The molecule has 1 aliphatic heterocycles. The number of para-hydroxylation sites is 1. The van der Waals surface area contributed by atoms with E-state index in [4.69, 9.17) is 0 Å². The van der Waals surface area contributed by atoms with Crippen LogP contribution in [-0.4, -0.2) is 5.91 Å². The monoisotopic (exact) mass is 428 g/mol. The van der Waals surface area contributed by atoms with Crippen LogP contribution in [0.25, 0.3) is 0 Å². The van der Waals surface area contributed by atoms with Crippen molar-refractivity contribution in [2.75, 3.05) is 10.6 Å². The van der Waals surface area contributed by atoms with Crippen LogP contribution in [-0.2, 0) is 4.79 Å². The van der Waals surface area contributed by atoms with E-state index in [1.54, 1.807) is 0 Å². The van der Waals surface area contributed by atoms with Crippen LogP contribution < -0.4 is 10.6 Å². The van der Waals surface area contributed by atoms with Crippen molar-refractivity contribution in [3.63, 3.8) is 0 Å². The molecule has 5 heteroatoms. The normalized spacial score (nSPS) is 16.9. The maximum Gasteiger partial charge on any atom is 0.251 e. The molecule has 2 N–H and O–H groups in total. The van der Waals surface area contributed by atoms with E-state index in [1.165, 1.54) is 0 Å². The Morgan fingerprint density at radius 2 is 1.95 bits per heavy atom. The van der Waals surface area contributed by atoms with E-state index in [0.717, 1.165) is 25.0 Å². The first-order chi connectivity index (χ1) is 9.16. The van der Waals surface area contributed by atoms with Gasteiger partial charge in [0.25, 0.3) is 5.91 Å². The van der Waals surface area contributed by atoms with Gasteiger partial charge in [0.05, 0.1) is 0 Å². The number of fused-ring (bicyclic) bond motifs is 1. The van der Waals surface area contributed by atoms with Gasteiger partial charge >= 0.3 is 0 Å². The lowest BCUT2D eigenvalue weighted by atomic mass is 10.1. The van der Waals surface area contributed by atoms with Gasteiger partial charge in [-0.05, 0) is 46.9 Å². The Labute approximate surface area is 133 Å². The van der Waals surface area contributed by atoms with Gasteiger partial charge in [-0.15, -0.1) is 0 Å². The average molecular weight is 429 g/mol. The maximum absolute atomic E-state index is 12.1. The average Bonchev–Trinajstić information content (AvgIpc) is 2.70. The first kappa shape index (κ1) is 12.9. The van der Waals surface area contributed by atoms with E-state index < -0.39 is 0 Å². The van der Waals surface area contributed by atoms with Crippen molar-refractivity contribution >= 4 is 55.8 Å². The summed E-state index contributed by atoms with van der Waals surface area (Å²) >= 11 is 5.77. The first-order valence-electron chi connectivity index (χ1n) is 5.77. The summed E-state index contributed by atoms with van der Waals surface area (Å²) in [5.41, 5.74) is 2.79. The molecule has 0 aromatic heterocycles. The molecule has 0 aliphatic carbocycles. The Morgan fingerprint density at radius 3 is 2.74 bits per heavy atom. The number of rotatable bonds is 2. The second-order valence-corrected chi connectivity index (χ2v) is 6.26. The molecule has 1 amide bonds. The van der Waals surface area contributed by atoms with Gasteiger partial charge < -0.3 is 10.6 Å². The predicted molar refractivity (Wildman–Crippen MR) is 88.3 cm³/mol. The third-order valence-corrected chi connectivity index (χ3v) is 4.67. The fraction of sp³-hybridized carbons (Fsp3) is 0.0714. The summed E-state index contributed by atoms with van der Waals surface area (Å²) in [6.07, 6.45) is 0. The summed E-state index contributed by atoms with van der Waals surface area (Å²) in [6.45, 7) is 0. The van der Waals surface area contributed by atoms with Crippen LogP contribution >= 0.6 is 38.5 Å². The van der Waals surface area contributed by atoms with Crippen molar-refractivity contribution in [2.45, 2.75) is 6.04 Å². The van der Waals surface area contributed by atoms with Gasteiger partial charge in [0, 0.05) is 25.0 Å². The van der Waals surface area contributed by atoms with E-state index in [-0.39, 0.29) is 11.9 Å². The zero-order valence-corrected chi connectivity index (χ0v) is 13.5. The molecule has 96 valence electrons. The molecular weight excluding hydrogens is 419 g/mol. The maximum atomic E-state index is 12.1. The molecule has 3 nitrogen and oxygen atoms in total. The minimum atomic E-state index is -0.360. The van der Waals surface area contributed by atoms with Crippen LogP contribution in [0.5, 0.6) is 0 Å². The second kappa shape index (κ2) is 5.13. The van der Waals surface area contributed by atoms with E-state index in [9.17, 15) is 4.79 Å². The number of anilines is 2. The third kappa shape index (κ3) is 2.36. The largest absolute Gasteiger partial charge is 0.369 e. The van der Waals surface area contributed by atoms with Crippen molar-refractivity contribution < 1.29 is 4.79 Å². The zero-order valence-electron chi connectivity index (χ0n) is 9.78. The van der Waals surface area contributed by atoms with Gasteiger partial charge in [0.15, 0.2) is 0 Å². The number of carbonyl (C=O) groups excluding carboxylic acids is 1. The molecule has 0 spiro atoms. The van der Waals surface area contributed by atoms with Gasteiger partial charge in [-0.3, -0.25) is 4.79 Å².